The monoisotopic (exact) mass is 345 g/mol. The summed E-state index contributed by atoms with van der Waals surface area (Å²) in [6, 6.07) is 4.99. The highest BCUT2D eigenvalue weighted by Gasteiger charge is 2.17. The molecular weight excluding hydrogens is 337 g/mol. The lowest BCUT2D eigenvalue weighted by atomic mass is 10.2. The van der Waals surface area contributed by atoms with Gasteiger partial charge in [0.25, 0.3) is 0 Å². The average molecular weight is 346 g/mol. The summed E-state index contributed by atoms with van der Waals surface area (Å²) in [5.74, 6) is -1.27. The third-order valence-corrected chi connectivity index (χ3v) is 3.78. The number of carboxylic acid groups (broad SMARTS) is 1. The number of hydrogen-bond donors (Lipinski definition) is 2. The van der Waals surface area contributed by atoms with Gasteiger partial charge in [0.15, 0.2) is 5.13 Å². The second kappa shape index (κ2) is 6.75. The molecule has 0 bridgehead atoms. The number of anilines is 1. The largest absolute Gasteiger partial charge is 0.476 e. The van der Waals surface area contributed by atoms with Crippen molar-refractivity contribution in [3.05, 3.63) is 44.9 Å². The molecule has 0 amide bonds. The smallest absolute Gasteiger partial charge is 0.360 e. The van der Waals surface area contributed by atoms with E-state index in [0.29, 0.717) is 15.6 Å². The molecule has 0 aliphatic carbocycles. The van der Waals surface area contributed by atoms with E-state index in [-0.39, 0.29) is 23.1 Å². The van der Waals surface area contributed by atoms with Crippen LogP contribution in [-0.2, 0) is 16.2 Å². The predicted octanol–water partition coefficient (Wildman–Crippen LogP) is 3.04. The summed E-state index contributed by atoms with van der Waals surface area (Å²) in [6.45, 7) is -0.0606. The van der Waals surface area contributed by atoms with Crippen LogP contribution in [0.5, 0.6) is 0 Å². The van der Waals surface area contributed by atoms with E-state index in [4.69, 9.17) is 38.9 Å². The number of thiazole rings is 1. The van der Waals surface area contributed by atoms with Crippen LogP contribution in [0.1, 0.15) is 11.3 Å². The van der Waals surface area contributed by atoms with Crippen molar-refractivity contribution < 1.29 is 14.7 Å². The van der Waals surface area contributed by atoms with Crippen molar-refractivity contribution in [3.8, 4) is 0 Å². The lowest BCUT2D eigenvalue weighted by Crippen LogP contribution is -2.15. The van der Waals surface area contributed by atoms with Gasteiger partial charge in [0, 0.05) is 21.0 Å². The zero-order valence-corrected chi connectivity index (χ0v) is 12.7. The van der Waals surface area contributed by atoms with Crippen LogP contribution in [0.4, 0.5) is 5.13 Å². The molecule has 1 aromatic carbocycles. The highest BCUT2D eigenvalue weighted by molar-refractivity contribution is 7.13. The van der Waals surface area contributed by atoms with E-state index in [1.54, 1.807) is 18.2 Å². The maximum Gasteiger partial charge on any atom is 0.360 e. The fourth-order valence-corrected chi connectivity index (χ4v) is 2.48. The van der Waals surface area contributed by atoms with Crippen LogP contribution in [0, 0.1) is 0 Å². The topological polar surface area (TPSA) is 97.8 Å². The van der Waals surface area contributed by atoms with E-state index < -0.39 is 5.97 Å². The van der Waals surface area contributed by atoms with Crippen LogP contribution in [0.25, 0.3) is 0 Å². The Morgan fingerprint density at radius 2 is 2.10 bits per heavy atom. The lowest BCUT2D eigenvalue weighted by Gasteiger charge is -2.05. The van der Waals surface area contributed by atoms with Crippen molar-refractivity contribution in [2.45, 2.75) is 6.61 Å². The molecule has 1 heterocycles. The lowest BCUT2D eigenvalue weighted by molar-refractivity contribution is -0.129. The molecule has 2 rings (SSSR count). The van der Waals surface area contributed by atoms with Crippen molar-refractivity contribution in [2.24, 2.45) is 5.16 Å². The maximum atomic E-state index is 11.1. The van der Waals surface area contributed by atoms with Gasteiger partial charge in [-0.2, -0.15) is 0 Å². The first-order valence-electron chi connectivity index (χ1n) is 5.56. The van der Waals surface area contributed by atoms with E-state index in [2.05, 4.69) is 10.1 Å². The molecule has 9 heteroatoms. The first-order valence-corrected chi connectivity index (χ1v) is 7.20. The first kappa shape index (κ1) is 15.6. The SMILES string of the molecule is Nc1nc(/C(=N/OCc2c(Cl)cccc2Cl)C(=O)O)cs1. The van der Waals surface area contributed by atoms with Gasteiger partial charge in [-0.25, -0.2) is 9.78 Å². The number of nitrogen functional groups attached to an aromatic ring is 1. The molecule has 0 saturated heterocycles. The summed E-state index contributed by atoms with van der Waals surface area (Å²) >= 11 is 13.1. The summed E-state index contributed by atoms with van der Waals surface area (Å²) in [5.41, 5.74) is 5.77. The van der Waals surface area contributed by atoms with E-state index in [1.807, 2.05) is 0 Å². The van der Waals surface area contributed by atoms with Crippen LogP contribution < -0.4 is 5.73 Å². The van der Waals surface area contributed by atoms with Crippen LogP contribution in [0.3, 0.4) is 0 Å². The van der Waals surface area contributed by atoms with E-state index in [9.17, 15) is 4.79 Å². The quantitative estimate of drug-likeness (QED) is 0.641. The fourth-order valence-electron chi connectivity index (χ4n) is 1.42. The third kappa shape index (κ3) is 3.84. The van der Waals surface area contributed by atoms with Gasteiger partial charge in [-0.1, -0.05) is 34.4 Å². The number of halogens is 2. The molecule has 0 unspecified atom stereocenters. The van der Waals surface area contributed by atoms with E-state index >= 15 is 0 Å². The summed E-state index contributed by atoms with van der Waals surface area (Å²) in [5, 5.41) is 15.2. The molecule has 0 aliphatic heterocycles. The number of carbonyl (C=O) groups is 1. The normalized spacial score (nSPS) is 11.4. The number of nitrogens with two attached hydrogens (primary N) is 1. The molecule has 1 aromatic heterocycles. The zero-order valence-electron chi connectivity index (χ0n) is 10.4. The first-order chi connectivity index (χ1) is 9.99. The zero-order chi connectivity index (χ0) is 15.4. The molecule has 6 nitrogen and oxygen atoms in total. The molecule has 0 saturated carbocycles. The van der Waals surface area contributed by atoms with E-state index in [1.165, 1.54) is 5.38 Å². The third-order valence-electron chi connectivity index (χ3n) is 2.39. The highest BCUT2D eigenvalue weighted by atomic mass is 35.5. The molecule has 0 radical (unpaired) electrons. The number of rotatable bonds is 5. The van der Waals surface area contributed by atoms with Crippen LogP contribution in [-0.4, -0.2) is 21.8 Å². The van der Waals surface area contributed by atoms with Gasteiger partial charge in [0.1, 0.15) is 12.3 Å². The predicted molar refractivity (Wildman–Crippen MR) is 82.0 cm³/mol. The van der Waals surface area contributed by atoms with Gasteiger partial charge >= 0.3 is 5.97 Å². The van der Waals surface area contributed by atoms with Crippen molar-refractivity contribution in [1.82, 2.24) is 4.98 Å². The van der Waals surface area contributed by atoms with Gasteiger partial charge < -0.3 is 15.7 Å². The molecule has 2 aromatic rings. The summed E-state index contributed by atoms with van der Waals surface area (Å²) in [4.78, 5) is 20.0. The molecule has 0 spiro atoms. The van der Waals surface area contributed by atoms with Gasteiger partial charge in [-0.3, -0.25) is 0 Å². The number of carboxylic acids is 1. The Hall–Kier alpha value is -1.83. The van der Waals surface area contributed by atoms with Crippen molar-refractivity contribution >= 4 is 51.4 Å². The summed E-state index contributed by atoms with van der Waals surface area (Å²) in [6.07, 6.45) is 0. The molecular formula is C12H9Cl2N3O3S. The van der Waals surface area contributed by atoms with Gasteiger partial charge in [-0.05, 0) is 12.1 Å². The Kier molecular flexibility index (Phi) is 5.00. The van der Waals surface area contributed by atoms with Crippen LogP contribution >= 0.6 is 34.5 Å². The minimum atomic E-state index is -1.27. The summed E-state index contributed by atoms with van der Waals surface area (Å²) in [7, 11) is 0. The van der Waals surface area contributed by atoms with Crippen LogP contribution in [0.15, 0.2) is 28.7 Å². The Morgan fingerprint density at radius 1 is 1.43 bits per heavy atom. The van der Waals surface area contributed by atoms with Crippen molar-refractivity contribution in [2.75, 3.05) is 5.73 Å². The van der Waals surface area contributed by atoms with Crippen LogP contribution in [0.2, 0.25) is 10.0 Å². The fraction of sp³-hybridized carbons (Fsp3) is 0.0833. The van der Waals surface area contributed by atoms with E-state index in [0.717, 1.165) is 11.3 Å². The number of hydrogen-bond acceptors (Lipinski definition) is 6. The van der Waals surface area contributed by atoms with Crippen molar-refractivity contribution in [1.29, 1.82) is 0 Å². The van der Waals surface area contributed by atoms with Gasteiger partial charge in [0.05, 0.1) is 0 Å². The Labute approximate surface area is 133 Å². The molecule has 110 valence electrons. The molecule has 3 N–H and O–H groups in total. The second-order valence-electron chi connectivity index (χ2n) is 3.79. The molecule has 21 heavy (non-hydrogen) atoms. The minimum Gasteiger partial charge on any atom is -0.476 e. The van der Waals surface area contributed by atoms with Crippen molar-refractivity contribution in [3.63, 3.8) is 0 Å². The molecule has 0 aliphatic rings. The standard InChI is InChI=1S/C12H9Cl2N3O3S/c13-7-2-1-3-8(14)6(7)4-20-17-10(11(18)19)9-5-21-12(15)16-9/h1-3,5H,4H2,(H2,15,16)(H,18,19)/b17-10-. The van der Waals surface area contributed by atoms with Gasteiger partial charge in [-0.15, -0.1) is 11.3 Å². The second-order valence-corrected chi connectivity index (χ2v) is 5.49. The Morgan fingerprint density at radius 3 is 2.62 bits per heavy atom. The Balaban J connectivity index is 2.16. The minimum absolute atomic E-state index is 0.0606. The Bertz CT molecular complexity index is 683. The number of nitrogens with zero attached hydrogens (tertiary/aromatic N) is 2. The number of oxime groups is 1. The molecule has 0 atom stereocenters. The number of aromatic nitrogens is 1. The summed E-state index contributed by atoms with van der Waals surface area (Å²) < 4.78 is 0. The van der Waals surface area contributed by atoms with Gasteiger partial charge in [0.2, 0.25) is 5.71 Å². The number of aliphatic carboxylic acids is 1. The average Bonchev–Trinajstić information content (AvgIpc) is 2.83. The number of benzene rings is 1. The molecule has 0 fully saturated rings. The maximum absolute atomic E-state index is 11.1. The highest BCUT2D eigenvalue weighted by Crippen LogP contribution is 2.25.